The highest BCUT2D eigenvalue weighted by molar-refractivity contribution is 7.80. The molecule has 0 saturated carbocycles. The molecular weight excluding hydrogens is 273 g/mol. The SMILES string of the molecule is CC1CCCN1c1ccc(C(N)=S)c(C(F)(F)F)c1. The summed E-state index contributed by atoms with van der Waals surface area (Å²) in [6.07, 6.45) is -2.45. The van der Waals surface area contributed by atoms with Gasteiger partial charge in [-0.2, -0.15) is 13.2 Å². The van der Waals surface area contributed by atoms with E-state index < -0.39 is 11.7 Å². The summed E-state index contributed by atoms with van der Waals surface area (Å²) in [4.78, 5) is 1.76. The van der Waals surface area contributed by atoms with E-state index >= 15 is 0 Å². The molecule has 1 heterocycles. The van der Waals surface area contributed by atoms with Crippen molar-refractivity contribution < 1.29 is 13.2 Å². The van der Waals surface area contributed by atoms with Crippen molar-refractivity contribution in [3.63, 3.8) is 0 Å². The number of hydrogen-bond donors (Lipinski definition) is 1. The minimum absolute atomic E-state index is 0.113. The fourth-order valence-corrected chi connectivity index (χ4v) is 2.66. The van der Waals surface area contributed by atoms with Gasteiger partial charge in [-0.25, -0.2) is 0 Å². The molecule has 0 amide bonds. The lowest BCUT2D eigenvalue weighted by molar-refractivity contribution is -0.137. The summed E-state index contributed by atoms with van der Waals surface area (Å²) in [5.74, 6) is 0. The van der Waals surface area contributed by atoms with Crippen LogP contribution in [0.5, 0.6) is 0 Å². The molecule has 1 atom stereocenters. The van der Waals surface area contributed by atoms with Crippen LogP contribution in [0, 0.1) is 0 Å². The molecule has 0 spiro atoms. The fraction of sp³-hybridized carbons (Fsp3) is 0.462. The van der Waals surface area contributed by atoms with Crippen LogP contribution in [0.25, 0.3) is 0 Å². The molecule has 0 aromatic heterocycles. The van der Waals surface area contributed by atoms with E-state index in [0.29, 0.717) is 5.69 Å². The molecule has 2 nitrogen and oxygen atoms in total. The van der Waals surface area contributed by atoms with Gasteiger partial charge in [-0.05, 0) is 38.0 Å². The molecule has 19 heavy (non-hydrogen) atoms. The molecule has 1 saturated heterocycles. The van der Waals surface area contributed by atoms with Crippen molar-refractivity contribution in [3.05, 3.63) is 29.3 Å². The minimum Gasteiger partial charge on any atom is -0.389 e. The molecule has 1 aromatic rings. The molecular formula is C13H15F3N2S. The van der Waals surface area contributed by atoms with Gasteiger partial charge in [-0.1, -0.05) is 12.2 Å². The van der Waals surface area contributed by atoms with Gasteiger partial charge in [0, 0.05) is 23.8 Å². The Bertz CT molecular complexity index is 499. The van der Waals surface area contributed by atoms with Gasteiger partial charge in [-0.15, -0.1) is 0 Å². The summed E-state index contributed by atoms with van der Waals surface area (Å²) < 4.78 is 39.1. The van der Waals surface area contributed by atoms with Gasteiger partial charge in [0.05, 0.1) is 5.56 Å². The van der Waals surface area contributed by atoms with Crippen molar-refractivity contribution >= 4 is 22.9 Å². The first-order valence-electron chi connectivity index (χ1n) is 6.08. The van der Waals surface area contributed by atoms with Crippen LogP contribution in [0.1, 0.15) is 30.9 Å². The summed E-state index contributed by atoms with van der Waals surface area (Å²) in [7, 11) is 0. The largest absolute Gasteiger partial charge is 0.417 e. The second kappa shape index (κ2) is 5.00. The molecule has 0 bridgehead atoms. The summed E-state index contributed by atoms with van der Waals surface area (Å²) in [6.45, 7) is 2.80. The summed E-state index contributed by atoms with van der Waals surface area (Å²) in [6, 6.07) is 4.43. The van der Waals surface area contributed by atoms with Crippen LogP contribution in [0.3, 0.4) is 0 Å². The zero-order valence-electron chi connectivity index (χ0n) is 10.5. The number of halogens is 3. The molecule has 104 valence electrons. The second-order valence-corrected chi connectivity index (χ2v) is 5.22. The topological polar surface area (TPSA) is 29.3 Å². The highest BCUT2D eigenvalue weighted by Gasteiger charge is 2.35. The van der Waals surface area contributed by atoms with Crippen LogP contribution in [-0.2, 0) is 6.18 Å². The number of nitrogens with two attached hydrogens (primary N) is 1. The molecule has 2 rings (SSSR count). The molecule has 1 fully saturated rings. The lowest BCUT2D eigenvalue weighted by atomic mass is 10.1. The van der Waals surface area contributed by atoms with Gasteiger partial charge in [0.1, 0.15) is 4.99 Å². The standard InChI is InChI=1S/C13H15F3N2S/c1-8-3-2-6-18(8)9-4-5-10(12(17)19)11(7-9)13(14,15)16/h4-5,7-8H,2-3,6H2,1H3,(H2,17,19). The molecule has 1 aliphatic rings. The summed E-state index contributed by atoms with van der Waals surface area (Å²) in [5, 5.41) is 0. The fourth-order valence-electron chi connectivity index (χ4n) is 2.48. The van der Waals surface area contributed by atoms with Gasteiger partial charge >= 0.3 is 6.18 Å². The van der Waals surface area contributed by atoms with Crippen LogP contribution >= 0.6 is 12.2 Å². The maximum Gasteiger partial charge on any atom is 0.417 e. The van der Waals surface area contributed by atoms with Crippen molar-refractivity contribution in [2.45, 2.75) is 32.0 Å². The normalized spacial score (nSPS) is 19.8. The molecule has 1 aromatic carbocycles. The lowest BCUT2D eigenvalue weighted by Gasteiger charge is -2.25. The molecule has 1 unspecified atom stereocenters. The smallest absolute Gasteiger partial charge is 0.389 e. The maximum atomic E-state index is 13.0. The predicted octanol–water partition coefficient (Wildman–Crippen LogP) is 3.33. The monoisotopic (exact) mass is 288 g/mol. The van der Waals surface area contributed by atoms with E-state index in [1.807, 2.05) is 11.8 Å². The van der Waals surface area contributed by atoms with Crippen molar-refractivity contribution in [2.24, 2.45) is 5.73 Å². The van der Waals surface area contributed by atoms with Crippen molar-refractivity contribution in [3.8, 4) is 0 Å². The number of hydrogen-bond acceptors (Lipinski definition) is 2. The average molecular weight is 288 g/mol. The zero-order chi connectivity index (χ0) is 14.2. The Morgan fingerprint density at radius 2 is 2.11 bits per heavy atom. The maximum absolute atomic E-state index is 13.0. The number of alkyl halides is 3. The zero-order valence-corrected chi connectivity index (χ0v) is 11.3. The number of benzene rings is 1. The van der Waals surface area contributed by atoms with Gasteiger partial charge < -0.3 is 10.6 Å². The van der Waals surface area contributed by atoms with E-state index in [9.17, 15) is 13.2 Å². The Morgan fingerprint density at radius 3 is 2.58 bits per heavy atom. The van der Waals surface area contributed by atoms with Crippen molar-refractivity contribution in [2.75, 3.05) is 11.4 Å². The molecule has 2 N–H and O–H groups in total. The number of rotatable bonds is 2. The second-order valence-electron chi connectivity index (χ2n) is 4.78. The van der Waals surface area contributed by atoms with Crippen molar-refractivity contribution in [1.82, 2.24) is 0 Å². The highest BCUT2D eigenvalue weighted by Crippen LogP contribution is 2.36. The summed E-state index contributed by atoms with van der Waals surface area (Å²) >= 11 is 4.68. The number of anilines is 1. The quantitative estimate of drug-likeness (QED) is 0.846. The first-order chi connectivity index (χ1) is 8.80. The highest BCUT2D eigenvalue weighted by atomic mass is 32.1. The third-order valence-electron chi connectivity index (χ3n) is 3.46. The molecule has 0 radical (unpaired) electrons. The molecule has 0 aliphatic carbocycles. The van der Waals surface area contributed by atoms with Gasteiger partial charge in [0.2, 0.25) is 0 Å². The van der Waals surface area contributed by atoms with E-state index in [1.165, 1.54) is 6.07 Å². The van der Waals surface area contributed by atoms with Crippen LogP contribution in [-0.4, -0.2) is 17.6 Å². The Hall–Kier alpha value is -1.30. The van der Waals surface area contributed by atoms with E-state index in [1.54, 1.807) is 6.07 Å². The predicted molar refractivity (Wildman–Crippen MR) is 73.4 cm³/mol. The average Bonchev–Trinajstić information content (AvgIpc) is 2.73. The van der Waals surface area contributed by atoms with Gasteiger partial charge in [-0.3, -0.25) is 0 Å². The third kappa shape index (κ3) is 2.83. The van der Waals surface area contributed by atoms with Crippen LogP contribution in [0.15, 0.2) is 18.2 Å². The van der Waals surface area contributed by atoms with Crippen LogP contribution in [0.2, 0.25) is 0 Å². The van der Waals surface area contributed by atoms with E-state index in [0.717, 1.165) is 25.5 Å². The number of thiocarbonyl (C=S) groups is 1. The van der Waals surface area contributed by atoms with E-state index in [2.05, 4.69) is 12.2 Å². The van der Waals surface area contributed by atoms with Gasteiger partial charge in [0.25, 0.3) is 0 Å². The van der Waals surface area contributed by atoms with Crippen LogP contribution in [0.4, 0.5) is 18.9 Å². The van der Waals surface area contributed by atoms with Crippen LogP contribution < -0.4 is 10.6 Å². The van der Waals surface area contributed by atoms with E-state index in [4.69, 9.17) is 5.73 Å². The minimum atomic E-state index is -4.45. The Balaban J connectivity index is 2.47. The Kier molecular flexibility index (Phi) is 3.71. The Morgan fingerprint density at radius 1 is 1.42 bits per heavy atom. The first-order valence-corrected chi connectivity index (χ1v) is 6.49. The number of nitrogens with zero attached hydrogens (tertiary/aromatic N) is 1. The lowest BCUT2D eigenvalue weighted by Crippen LogP contribution is -2.27. The molecule has 6 heteroatoms. The summed E-state index contributed by atoms with van der Waals surface area (Å²) in [5.41, 5.74) is 5.07. The third-order valence-corrected chi connectivity index (χ3v) is 3.68. The molecule has 1 aliphatic heterocycles. The first kappa shape index (κ1) is 14.1. The Labute approximate surface area is 115 Å². The van der Waals surface area contributed by atoms with E-state index in [-0.39, 0.29) is 16.6 Å². The van der Waals surface area contributed by atoms with Crippen molar-refractivity contribution in [1.29, 1.82) is 0 Å². The van der Waals surface area contributed by atoms with Gasteiger partial charge in [0.15, 0.2) is 0 Å².